The average molecular weight is 235 g/mol. The predicted octanol–water partition coefficient (Wildman–Crippen LogP) is 2.61. The van der Waals surface area contributed by atoms with E-state index in [0.29, 0.717) is 11.5 Å². The summed E-state index contributed by atoms with van der Waals surface area (Å²) < 4.78 is 2.02. The third kappa shape index (κ3) is 2.89. The second kappa shape index (κ2) is 5.21. The molecular formula is C14H25N3. The fourth-order valence-electron chi connectivity index (χ4n) is 2.58. The summed E-state index contributed by atoms with van der Waals surface area (Å²) in [6, 6.07) is 0.632. The normalized spacial score (nSPS) is 19.2. The van der Waals surface area contributed by atoms with Crippen LogP contribution in [0.3, 0.4) is 0 Å². The van der Waals surface area contributed by atoms with E-state index in [-0.39, 0.29) is 0 Å². The van der Waals surface area contributed by atoms with E-state index in [2.05, 4.69) is 37.4 Å². The average Bonchev–Trinajstić information content (AvgIpc) is 2.97. The zero-order valence-corrected chi connectivity index (χ0v) is 11.4. The summed E-state index contributed by atoms with van der Waals surface area (Å²) in [5.74, 6) is 0. The SMILES string of the molecule is CCCNC(C)C1(Cc2cnn(CC)c2)CC1. The molecule has 1 atom stereocenters. The molecule has 0 bridgehead atoms. The standard InChI is InChI=1S/C14H25N3/c1-4-8-15-12(3)14(6-7-14)9-13-10-16-17(5-2)11-13/h10-12,15H,4-9H2,1-3H3. The molecule has 0 saturated heterocycles. The van der Waals surface area contributed by atoms with Crippen LogP contribution in [0.4, 0.5) is 0 Å². The van der Waals surface area contributed by atoms with E-state index >= 15 is 0 Å². The molecule has 3 nitrogen and oxygen atoms in total. The molecule has 1 unspecified atom stereocenters. The van der Waals surface area contributed by atoms with E-state index in [1.165, 1.54) is 31.2 Å². The highest BCUT2D eigenvalue weighted by Crippen LogP contribution is 2.51. The van der Waals surface area contributed by atoms with Gasteiger partial charge in [0.25, 0.3) is 0 Å². The van der Waals surface area contributed by atoms with Crippen molar-refractivity contribution in [2.24, 2.45) is 5.41 Å². The van der Waals surface area contributed by atoms with Crippen LogP contribution in [-0.4, -0.2) is 22.4 Å². The summed E-state index contributed by atoms with van der Waals surface area (Å²) in [5.41, 5.74) is 1.91. The molecule has 0 aromatic carbocycles. The zero-order chi connectivity index (χ0) is 12.3. The first-order valence-corrected chi connectivity index (χ1v) is 6.95. The number of nitrogens with zero attached hydrogens (tertiary/aromatic N) is 2. The van der Waals surface area contributed by atoms with E-state index in [4.69, 9.17) is 0 Å². The summed E-state index contributed by atoms with van der Waals surface area (Å²) in [4.78, 5) is 0. The number of aromatic nitrogens is 2. The number of rotatable bonds is 7. The van der Waals surface area contributed by atoms with Crippen LogP contribution in [0.1, 0.15) is 45.6 Å². The third-order valence-corrected chi connectivity index (χ3v) is 4.08. The van der Waals surface area contributed by atoms with Crippen LogP contribution < -0.4 is 5.32 Å². The Labute approximate surface area is 105 Å². The Kier molecular flexibility index (Phi) is 3.87. The van der Waals surface area contributed by atoms with Gasteiger partial charge in [0.2, 0.25) is 0 Å². The smallest absolute Gasteiger partial charge is 0.0521 e. The van der Waals surface area contributed by atoms with Crippen molar-refractivity contribution < 1.29 is 0 Å². The molecule has 17 heavy (non-hydrogen) atoms. The van der Waals surface area contributed by atoms with Crippen LogP contribution in [0.2, 0.25) is 0 Å². The highest BCUT2D eigenvalue weighted by atomic mass is 15.3. The summed E-state index contributed by atoms with van der Waals surface area (Å²) in [6.07, 6.45) is 9.37. The molecule has 1 fully saturated rings. The van der Waals surface area contributed by atoms with Crippen molar-refractivity contribution >= 4 is 0 Å². The molecule has 2 rings (SSSR count). The molecule has 1 aromatic heterocycles. The van der Waals surface area contributed by atoms with Crippen molar-refractivity contribution in [3.05, 3.63) is 18.0 Å². The predicted molar refractivity (Wildman–Crippen MR) is 71.0 cm³/mol. The van der Waals surface area contributed by atoms with E-state index in [0.717, 1.165) is 13.1 Å². The third-order valence-electron chi connectivity index (χ3n) is 4.08. The van der Waals surface area contributed by atoms with Crippen molar-refractivity contribution in [2.75, 3.05) is 6.54 Å². The molecule has 0 aliphatic heterocycles. The summed E-state index contributed by atoms with van der Waals surface area (Å²) in [6.45, 7) is 8.81. The number of hydrogen-bond donors (Lipinski definition) is 1. The van der Waals surface area contributed by atoms with E-state index < -0.39 is 0 Å². The van der Waals surface area contributed by atoms with Gasteiger partial charge in [0.1, 0.15) is 0 Å². The van der Waals surface area contributed by atoms with Crippen LogP contribution in [0.15, 0.2) is 12.4 Å². The highest BCUT2D eigenvalue weighted by molar-refractivity contribution is 5.14. The topological polar surface area (TPSA) is 29.9 Å². The molecule has 1 aromatic rings. The van der Waals surface area contributed by atoms with Gasteiger partial charge in [0.05, 0.1) is 6.20 Å². The molecule has 0 radical (unpaired) electrons. The van der Waals surface area contributed by atoms with Gasteiger partial charge in [0.15, 0.2) is 0 Å². The van der Waals surface area contributed by atoms with Gasteiger partial charge in [-0.05, 0) is 57.1 Å². The number of nitrogens with one attached hydrogen (secondary N) is 1. The zero-order valence-electron chi connectivity index (χ0n) is 11.4. The molecule has 1 heterocycles. The fraction of sp³-hybridized carbons (Fsp3) is 0.786. The molecule has 1 aliphatic carbocycles. The Morgan fingerprint density at radius 2 is 2.24 bits per heavy atom. The van der Waals surface area contributed by atoms with Crippen molar-refractivity contribution in [2.45, 2.75) is 59.0 Å². The fourth-order valence-corrected chi connectivity index (χ4v) is 2.58. The summed E-state index contributed by atoms with van der Waals surface area (Å²) in [7, 11) is 0. The van der Waals surface area contributed by atoms with Crippen molar-refractivity contribution in [1.82, 2.24) is 15.1 Å². The second-order valence-electron chi connectivity index (χ2n) is 5.42. The molecule has 0 amide bonds. The Morgan fingerprint density at radius 3 is 2.76 bits per heavy atom. The first-order chi connectivity index (χ1) is 8.20. The summed E-state index contributed by atoms with van der Waals surface area (Å²) >= 11 is 0. The molecule has 1 aliphatic rings. The van der Waals surface area contributed by atoms with Gasteiger partial charge in [0, 0.05) is 18.8 Å². The quantitative estimate of drug-likeness (QED) is 0.787. The first-order valence-electron chi connectivity index (χ1n) is 6.95. The molecule has 1 N–H and O–H groups in total. The van der Waals surface area contributed by atoms with Crippen LogP contribution in [0.25, 0.3) is 0 Å². The lowest BCUT2D eigenvalue weighted by atomic mass is 9.91. The van der Waals surface area contributed by atoms with Crippen LogP contribution in [-0.2, 0) is 13.0 Å². The first kappa shape index (κ1) is 12.6. The minimum absolute atomic E-state index is 0.511. The lowest BCUT2D eigenvalue weighted by Crippen LogP contribution is -2.36. The largest absolute Gasteiger partial charge is 0.314 e. The van der Waals surface area contributed by atoms with Gasteiger partial charge in [-0.2, -0.15) is 5.10 Å². The highest BCUT2D eigenvalue weighted by Gasteiger charge is 2.46. The second-order valence-corrected chi connectivity index (χ2v) is 5.42. The lowest BCUT2D eigenvalue weighted by Gasteiger charge is -2.24. The van der Waals surface area contributed by atoms with Gasteiger partial charge in [-0.15, -0.1) is 0 Å². The van der Waals surface area contributed by atoms with Crippen LogP contribution in [0, 0.1) is 5.41 Å². The van der Waals surface area contributed by atoms with Crippen molar-refractivity contribution in [1.29, 1.82) is 0 Å². The van der Waals surface area contributed by atoms with Gasteiger partial charge < -0.3 is 5.32 Å². The number of aryl methyl sites for hydroxylation is 1. The minimum atomic E-state index is 0.511. The molecule has 1 saturated carbocycles. The maximum Gasteiger partial charge on any atom is 0.0521 e. The Morgan fingerprint density at radius 1 is 1.47 bits per heavy atom. The van der Waals surface area contributed by atoms with Gasteiger partial charge in [-0.25, -0.2) is 0 Å². The van der Waals surface area contributed by atoms with Crippen molar-refractivity contribution in [3.63, 3.8) is 0 Å². The summed E-state index contributed by atoms with van der Waals surface area (Å²) in [5, 5.41) is 8.01. The monoisotopic (exact) mass is 235 g/mol. The molecule has 3 heteroatoms. The maximum atomic E-state index is 4.36. The van der Waals surface area contributed by atoms with Gasteiger partial charge in [-0.3, -0.25) is 4.68 Å². The van der Waals surface area contributed by atoms with Crippen molar-refractivity contribution in [3.8, 4) is 0 Å². The van der Waals surface area contributed by atoms with Gasteiger partial charge >= 0.3 is 0 Å². The van der Waals surface area contributed by atoms with E-state index in [1.54, 1.807) is 0 Å². The minimum Gasteiger partial charge on any atom is -0.314 e. The Hall–Kier alpha value is -0.830. The molecule has 96 valence electrons. The molecular weight excluding hydrogens is 210 g/mol. The Bertz CT molecular complexity index is 352. The number of hydrogen-bond acceptors (Lipinski definition) is 2. The van der Waals surface area contributed by atoms with E-state index in [1.807, 2.05) is 10.9 Å². The van der Waals surface area contributed by atoms with Gasteiger partial charge in [-0.1, -0.05) is 6.92 Å². The van der Waals surface area contributed by atoms with E-state index in [9.17, 15) is 0 Å². The lowest BCUT2D eigenvalue weighted by molar-refractivity contribution is 0.350. The Balaban J connectivity index is 1.93. The maximum absolute atomic E-state index is 4.36. The molecule has 0 spiro atoms. The van der Waals surface area contributed by atoms with Crippen LogP contribution >= 0.6 is 0 Å². The van der Waals surface area contributed by atoms with Crippen LogP contribution in [0.5, 0.6) is 0 Å².